The lowest BCUT2D eigenvalue weighted by molar-refractivity contribution is -0.113. The van der Waals surface area contributed by atoms with Crippen LogP contribution in [0.25, 0.3) is 6.08 Å². The summed E-state index contributed by atoms with van der Waals surface area (Å²) in [6.45, 7) is 0. The van der Waals surface area contributed by atoms with Gasteiger partial charge in [-0.25, -0.2) is 0 Å². The number of halogens is 1. The van der Waals surface area contributed by atoms with Crippen molar-refractivity contribution < 1.29 is 14.0 Å². The number of hydrogen-bond acceptors (Lipinski definition) is 3. The Morgan fingerprint density at radius 2 is 1.65 bits per heavy atom. The second-order valence-electron chi connectivity index (χ2n) is 5.33. The maximum absolute atomic E-state index is 12.6. The Bertz CT molecular complexity index is 935. The van der Waals surface area contributed by atoms with Crippen molar-refractivity contribution in [1.82, 2.24) is 5.32 Å². The molecule has 6 heteroatoms. The van der Waals surface area contributed by atoms with Crippen LogP contribution in [0.1, 0.15) is 16.1 Å². The van der Waals surface area contributed by atoms with Gasteiger partial charge in [-0.1, -0.05) is 30.3 Å². The first kappa shape index (κ1) is 17.7. The number of carbonyl (C=O) groups is 2. The summed E-state index contributed by atoms with van der Waals surface area (Å²) in [6.07, 6.45) is 2.97. The first-order valence-corrected chi connectivity index (χ1v) is 8.60. The molecule has 0 saturated carbocycles. The van der Waals surface area contributed by atoms with Crippen LogP contribution in [-0.4, -0.2) is 11.8 Å². The van der Waals surface area contributed by atoms with E-state index in [0.717, 1.165) is 0 Å². The van der Waals surface area contributed by atoms with Crippen molar-refractivity contribution in [2.75, 3.05) is 5.32 Å². The zero-order chi connectivity index (χ0) is 18.4. The highest BCUT2D eigenvalue weighted by atomic mass is 79.9. The molecular weight excluding hydrogens is 396 g/mol. The van der Waals surface area contributed by atoms with Crippen LogP contribution in [0, 0.1) is 0 Å². The fraction of sp³-hybridized carbons (Fsp3) is 0. The topological polar surface area (TPSA) is 71.3 Å². The van der Waals surface area contributed by atoms with Crippen LogP contribution < -0.4 is 10.6 Å². The molecule has 0 unspecified atom stereocenters. The lowest BCUT2D eigenvalue weighted by atomic mass is 10.2. The molecule has 0 spiro atoms. The normalized spacial score (nSPS) is 11.0. The second-order valence-corrected chi connectivity index (χ2v) is 6.18. The van der Waals surface area contributed by atoms with E-state index in [-0.39, 0.29) is 5.70 Å². The first-order valence-electron chi connectivity index (χ1n) is 7.81. The third-order valence-corrected chi connectivity index (χ3v) is 4.16. The van der Waals surface area contributed by atoms with Crippen molar-refractivity contribution in [3.8, 4) is 0 Å². The van der Waals surface area contributed by atoms with E-state index < -0.39 is 11.8 Å². The SMILES string of the molecule is O=C(Nc1ccccc1)/C(=C\c1ccco1)NC(=O)c1ccccc1Br. The molecule has 0 radical (unpaired) electrons. The van der Waals surface area contributed by atoms with Gasteiger partial charge in [-0.3, -0.25) is 9.59 Å². The van der Waals surface area contributed by atoms with Gasteiger partial charge in [0.2, 0.25) is 0 Å². The third-order valence-electron chi connectivity index (χ3n) is 3.47. The van der Waals surface area contributed by atoms with Gasteiger partial charge in [-0.2, -0.15) is 0 Å². The molecule has 0 aliphatic rings. The summed E-state index contributed by atoms with van der Waals surface area (Å²) in [7, 11) is 0. The Balaban J connectivity index is 1.85. The third kappa shape index (κ3) is 4.49. The van der Waals surface area contributed by atoms with Gasteiger partial charge in [-0.15, -0.1) is 0 Å². The quantitative estimate of drug-likeness (QED) is 0.610. The number of benzene rings is 2. The maximum atomic E-state index is 12.6. The summed E-state index contributed by atoms with van der Waals surface area (Å²) in [4.78, 5) is 25.2. The zero-order valence-electron chi connectivity index (χ0n) is 13.6. The van der Waals surface area contributed by atoms with Gasteiger partial charge in [0.25, 0.3) is 11.8 Å². The molecule has 2 N–H and O–H groups in total. The van der Waals surface area contributed by atoms with Crippen LogP contribution >= 0.6 is 15.9 Å². The average Bonchev–Trinajstić information content (AvgIpc) is 3.15. The molecule has 0 aliphatic heterocycles. The van der Waals surface area contributed by atoms with Crippen LogP contribution in [0.2, 0.25) is 0 Å². The molecule has 3 aromatic rings. The predicted octanol–water partition coefficient (Wildman–Crippen LogP) is 4.45. The molecular formula is C20H15BrN2O3. The Kier molecular flexibility index (Phi) is 5.66. The molecule has 2 amide bonds. The standard InChI is InChI=1S/C20H15BrN2O3/c21-17-11-5-4-10-16(17)19(24)23-18(13-15-9-6-12-26-15)20(25)22-14-7-2-1-3-8-14/h1-13H,(H,22,25)(H,23,24)/b18-13+. The summed E-state index contributed by atoms with van der Waals surface area (Å²) in [5.41, 5.74) is 1.12. The molecule has 0 saturated heterocycles. The van der Waals surface area contributed by atoms with Crippen molar-refractivity contribution in [3.63, 3.8) is 0 Å². The van der Waals surface area contributed by atoms with Crippen LogP contribution in [0.4, 0.5) is 5.69 Å². The highest BCUT2D eigenvalue weighted by Crippen LogP contribution is 2.17. The van der Waals surface area contributed by atoms with Crippen LogP contribution in [0.5, 0.6) is 0 Å². The monoisotopic (exact) mass is 410 g/mol. The molecule has 1 heterocycles. The van der Waals surface area contributed by atoms with Gasteiger partial charge >= 0.3 is 0 Å². The number of anilines is 1. The van der Waals surface area contributed by atoms with Gasteiger partial charge in [0.05, 0.1) is 11.8 Å². The van der Waals surface area contributed by atoms with E-state index in [1.165, 1.54) is 12.3 Å². The van der Waals surface area contributed by atoms with Gasteiger partial charge < -0.3 is 15.1 Å². The zero-order valence-corrected chi connectivity index (χ0v) is 15.2. The van der Waals surface area contributed by atoms with Crippen molar-refractivity contribution in [1.29, 1.82) is 0 Å². The van der Waals surface area contributed by atoms with Crippen molar-refractivity contribution >= 4 is 39.5 Å². The Morgan fingerprint density at radius 1 is 0.923 bits per heavy atom. The minimum atomic E-state index is -0.451. The molecule has 1 aromatic heterocycles. The molecule has 0 bridgehead atoms. The van der Waals surface area contributed by atoms with E-state index >= 15 is 0 Å². The smallest absolute Gasteiger partial charge is 0.272 e. The first-order chi connectivity index (χ1) is 12.6. The lowest BCUT2D eigenvalue weighted by Gasteiger charge is -2.11. The van der Waals surface area contributed by atoms with Gasteiger partial charge in [-0.05, 0) is 52.3 Å². The second kappa shape index (κ2) is 8.31. The number of amides is 2. The van der Waals surface area contributed by atoms with Crippen LogP contribution in [0.15, 0.2) is 87.6 Å². The minimum Gasteiger partial charge on any atom is -0.465 e. The molecule has 0 atom stereocenters. The summed E-state index contributed by atoms with van der Waals surface area (Å²) in [5, 5.41) is 5.40. The van der Waals surface area contributed by atoms with E-state index in [9.17, 15) is 9.59 Å². The highest BCUT2D eigenvalue weighted by Gasteiger charge is 2.17. The number of hydrogen-bond donors (Lipinski definition) is 2. The fourth-order valence-corrected chi connectivity index (χ4v) is 2.69. The largest absolute Gasteiger partial charge is 0.465 e. The Morgan fingerprint density at radius 3 is 2.35 bits per heavy atom. The van der Waals surface area contributed by atoms with Gasteiger partial charge in [0.15, 0.2) is 0 Å². The predicted molar refractivity (Wildman–Crippen MR) is 103 cm³/mol. The highest BCUT2D eigenvalue weighted by molar-refractivity contribution is 9.10. The van der Waals surface area contributed by atoms with Crippen molar-refractivity contribution in [3.05, 3.63) is 94.5 Å². The van der Waals surface area contributed by atoms with E-state index in [1.807, 2.05) is 24.3 Å². The number of rotatable bonds is 5. The molecule has 0 fully saturated rings. The maximum Gasteiger partial charge on any atom is 0.272 e. The van der Waals surface area contributed by atoms with Crippen molar-refractivity contribution in [2.45, 2.75) is 0 Å². The fourth-order valence-electron chi connectivity index (χ4n) is 2.23. The van der Waals surface area contributed by atoms with E-state index in [4.69, 9.17) is 4.42 Å². The molecule has 3 rings (SSSR count). The molecule has 0 aliphatic carbocycles. The number of furan rings is 1. The average molecular weight is 411 g/mol. The van der Waals surface area contributed by atoms with Crippen molar-refractivity contribution in [2.24, 2.45) is 0 Å². The number of nitrogens with one attached hydrogen (secondary N) is 2. The van der Waals surface area contributed by atoms with E-state index in [2.05, 4.69) is 26.6 Å². The summed E-state index contributed by atoms with van der Waals surface area (Å²) in [5.74, 6) is -0.401. The summed E-state index contributed by atoms with van der Waals surface area (Å²) in [6, 6.07) is 19.4. The van der Waals surface area contributed by atoms with Crippen LogP contribution in [-0.2, 0) is 4.79 Å². The molecule has 2 aromatic carbocycles. The Hall–Kier alpha value is -3.12. The number of para-hydroxylation sites is 1. The molecule has 26 heavy (non-hydrogen) atoms. The summed E-state index contributed by atoms with van der Waals surface area (Å²) < 4.78 is 5.90. The van der Waals surface area contributed by atoms with Gasteiger partial charge in [0.1, 0.15) is 11.5 Å². The van der Waals surface area contributed by atoms with E-state index in [0.29, 0.717) is 21.5 Å². The minimum absolute atomic E-state index is 0.0737. The Labute approximate surface area is 158 Å². The molecule has 5 nitrogen and oxygen atoms in total. The number of carbonyl (C=O) groups excluding carboxylic acids is 2. The lowest BCUT2D eigenvalue weighted by Crippen LogP contribution is -2.30. The van der Waals surface area contributed by atoms with Crippen LogP contribution in [0.3, 0.4) is 0 Å². The van der Waals surface area contributed by atoms with Gasteiger partial charge in [0, 0.05) is 16.2 Å². The summed E-state index contributed by atoms with van der Waals surface area (Å²) >= 11 is 3.34. The molecule has 130 valence electrons. The van der Waals surface area contributed by atoms with E-state index in [1.54, 1.807) is 42.5 Å².